The summed E-state index contributed by atoms with van der Waals surface area (Å²) in [7, 11) is 6.89. The van der Waals surface area contributed by atoms with Gasteiger partial charge in [0.1, 0.15) is 5.75 Å². The Bertz CT molecular complexity index is 1410. The molecule has 5 aliphatic rings. The number of anilines is 1. The summed E-state index contributed by atoms with van der Waals surface area (Å²) in [6.07, 6.45) is 5.20. The molecule has 8 atom stereocenters. The van der Waals surface area contributed by atoms with Crippen molar-refractivity contribution in [3.05, 3.63) is 22.8 Å². The van der Waals surface area contributed by atoms with Gasteiger partial charge in [-0.15, -0.1) is 0 Å². The molecule has 0 aromatic heterocycles. The van der Waals surface area contributed by atoms with Crippen LogP contribution in [-0.2, 0) is 32.1 Å². The molecule has 0 spiro atoms. The summed E-state index contributed by atoms with van der Waals surface area (Å²) in [5, 5.41) is 23.4. The predicted molar refractivity (Wildman–Crippen MR) is 156 cm³/mol. The average molecular weight is 595 g/mol. The van der Waals surface area contributed by atoms with Gasteiger partial charge in [0.2, 0.25) is 5.91 Å². The molecule has 232 valence electrons. The van der Waals surface area contributed by atoms with E-state index in [-0.39, 0.29) is 24.2 Å². The van der Waals surface area contributed by atoms with E-state index in [1.54, 1.807) is 14.1 Å². The normalized spacial score (nSPS) is 35.8. The van der Waals surface area contributed by atoms with Crippen LogP contribution in [0.4, 0.5) is 5.69 Å². The number of likely N-dealkylation sites (tertiary alicyclic amines) is 1. The average Bonchev–Trinajstić information content (AvgIpc) is 3.34. The Balaban J connectivity index is 1.40. The van der Waals surface area contributed by atoms with E-state index in [0.717, 1.165) is 18.8 Å². The van der Waals surface area contributed by atoms with Gasteiger partial charge < -0.3 is 20.8 Å². The molecular weight excluding hydrogens is 552 g/mol. The number of phenols is 1. The van der Waals surface area contributed by atoms with Crippen molar-refractivity contribution >= 4 is 34.7 Å². The highest BCUT2D eigenvalue weighted by molar-refractivity contribution is 6.32. The molecule has 0 radical (unpaired) electrons. The lowest BCUT2D eigenvalue weighted by Crippen LogP contribution is -2.74. The first-order valence-corrected chi connectivity index (χ1v) is 15.4. The first kappa shape index (κ1) is 29.9. The molecule has 43 heavy (non-hydrogen) atoms. The molecule has 4 N–H and O–H groups in total. The van der Waals surface area contributed by atoms with E-state index in [4.69, 9.17) is 5.73 Å². The summed E-state index contributed by atoms with van der Waals surface area (Å²) in [4.78, 5) is 73.2. The van der Waals surface area contributed by atoms with Crippen molar-refractivity contribution in [3.8, 4) is 5.75 Å². The lowest BCUT2D eigenvalue weighted by molar-refractivity contribution is -0.181. The molecule has 1 aromatic rings. The summed E-state index contributed by atoms with van der Waals surface area (Å²) in [5.74, 6) is -8.87. The number of carbonyl (C=O) groups excluding carboxylic acids is 5. The minimum absolute atomic E-state index is 0.0375. The zero-order chi connectivity index (χ0) is 31.1. The van der Waals surface area contributed by atoms with Gasteiger partial charge in [0.05, 0.1) is 17.5 Å². The molecular formula is C32H42N4O7. The zero-order valence-corrected chi connectivity index (χ0v) is 25.3. The Kier molecular flexibility index (Phi) is 7.29. The van der Waals surface area contributed by atoms with Crippen molar-refractivity contribution in [2.24, 2.45) is 41.2 Å². The molecule has 1 heterocycles. The number of likely N-dealkylation sites (N-methyl/N-ethyl adjacent to an activating group) is 1. The second-order valence-corrected chi connectivity index (χ2v) is 13.9. The maximum Gasteiger partial charge on any atom is 0.235 e. The van der Waals surface area contributed by atoms with Crippen LogP contribution >= 0.6 is 0 Å². The monoisotopic (exact) mass is 594 g/mol. The van der Waals surface area contributed by atoms with Crippen LogP contribution in [0.3, 0.4) is 0 Å². The number of rotatable bonds is 5. The number of carbonyl (C=O) groups is 5. The largest absolute Gasteiger partial charge is 0.507 e. The van der Waals surface area contributed by atoms with Gasteiger partial charge in [-0.2, -0.15) is 0 Å². The van der Waals surface area contributed by atoms with Crippen LogP contribution in [0.2, 0.25) is 0 Å². The quantitative estimate of drug-likeness (QED) is 0.411. The standard InChI is InChI=1S/C32H42N4O7/c1-34(2)21-11-18(14-36-12-15-7-5-6-8-16(15)13-36)26(37)23-19(21)9-17-10-20-25(35(3)4)28(39)24(31(33)42)30(41)32(20,43)29(40)22(17)27(23)38/h11,15-17,20,22,24-25,37,43H,5-10,12-14H2,1-4H3,(H2,33,42)/t15?,16?,17-,20-,22?,24?,25-,32-/m0/s1. The number of phenolic OH excluding ortho intramolecular Hbond substituents is 1. The first-order chi connectivity index (χ1) is 20.3. The molecule has 1 aliphatic heterocycles. The van der Waals surface area contributed by atoms with Gasteiger partial charge in [-0.05, 0) is 69.2 Å². The lowest BCUT2D eigenvalue weighted by Gasteiger charge is -2.52. The second-order valence-electron chi connectivity index (χ2n) is 13.9. The highest BCUT2D eigenvalue weighted by atomic mass is 16.3. The minimum atomic E-state index is -2.72. The number of nitrogens with two attached hydrogens (primary N) is 1. The molecule has 11 nitrogen and oxygen atoms in total. The third-order valence-electron chi connectivity index (χ3n) is 11.0. The van der Waals surface area contributed by atoms with Crippen LogP contribution in [-0.4, -0.2) is 102 Å². The Hall–Kier alpha value is -3.15. The molecule has 1 amide bonds. The molecule has 4 fully saturated rings. The molecule has 11 heteroatoms. The summed E-state index contributed by atoms with van der Waals surface area (Å²) >= 11 is 0. The number of hydrogen-bond acceptors (Lipinski definition) is 10. The Morgan fingerprint density at radius 3 is 2.21 bits per heavy atom. The predicted octanol–water partition coefficient (Wildman–Crippen LogP) is 0.555. The number of benzene rings is 1. The Morgan fingerprint density at radius 1 is 1.02 bits per heavy atom. The summed E-state index contributed by atoms with van der Waals surface area (Å²) in [5.41, 5.74) is 4.75. The van der Waals surface area contributed by atoms with E-state index in [1.165, 1.54) is 30.6 Å². The van der Waals surface area contributed by atoms with Gasteiger partial charge in [-0.1, -0.05) is 12.8 Å². The first-order valence-electron chi connectivity index (χ1n) is 15.4. The lowest BCUT2D eigenvalue weighted by atomic mass is 9.52. The van der Waals surface area contributed by atoms with Crippen LogP contribution < -0.4 is 10.6 Å². The van der Waals surface area contributed by atoms with Gasteiger partial charge in [-0.25, -0.2) is 0 Å². The van der Waals surface area contributed by atoms with Crippen molar-refractivity contribution in [2.45, 2.75) is 56.7 Å². The summed E-state index contributed by atoms with van der Waals surface area (Å²) in [6.45, 7) is 2.36. The highest BCUT2D eigenvalue weighted by Crippen LogP contribution is 2.52. The fourth-order valence-corrected chi connectivity index (χ4v) is 9.10. The van der Waals surface area contributed by atoms with Crippen LogP contribution in [0.25, 0.3) is 0 Å². The number of hydrogen-bond donors (Lipinski definition) is 3. The molecule has 3 saturated carbocycles. The van der Waals surface area contributed by atoms with E-state index in [1.807, 2.05) is 25.1 Å². The van der Waals surface area contributed by atoms with Gasteiger partial charge >= 0.3 is 0 Å². The van der Waals surface area contributed by atoms with Crippen molar-refractivity contribution < 1.29 is 34.2 Å². The van der Waals surface area contributed by atoms with Crippen LogP contribution in [0.1, 0.15) is 53.6 Å². The topological polar surface area (TPSA) is 162 Å². The van der Waals surface area contributed by atoms with Crippen LogP contribution in [0.15, 0.2) is 6.07 Å². The second kappa shape index (κ2) is 10.5. The molecule has 4 aliphatic carbocycles. The number of fused-ring (bicyclic) bond motifs is 4. The highest BCUT2D eigenvalue weighted by Gasteiger charge is 2.69. The summed E-state index contributed by atoms with van der Waals surface area (Å²) < 4.78 is 0. The maximum atomic E-state index is 14.3. The number of ketones is 4. The smallest absolute Gasteiger partial charge is 0.235 e. The summed E-state index contributed by atoms with van der Waals surface area (Å²) in [6, 6.07) is 0.813. The maximum absolute atomic E-state index is 14.3. The van der Waals surface area contributed by atoms with Gasteiger partial charge in [0.25, 0.3) is 0 Å². The number of amides is 1. The van der Waals surface area contributed by atoms with Gasteiger partial charge in [0, 0.05) is 50.9 Å². The van der Waals surface area contributed by atoms with E-state index in [9.17, 15) is 34.2 Å². The van der Waals surface area contributed by atoms with Crippen molar-refractivity contribution in [1.82, 2.24) is 9.80 Å². The molecule has 4 unspecified atom stereocenters. The Labute approximate surface area is 251 Å². The third kappa shape index (κ3) is 4.37. The molecule has 6 rings (SSSR count). The molecule has 1 saturated heterocycles. The molecule has 1 aromatic carbocycles. The number of primary amides is 1. The molecule has 0 bridgehead atoms. The van der Waals surface area contributed by atoms with E-state index < -0.39 is 64.4 Å². The number of Topliss-reactive ketones (excluding diaryl/α,β-unsaturated/α-hetero) is 4. The van der Waals surface area contributed by atoms with Crippen molar-refractivity contribution in [2.75, 3.05) is 46.2 Å². The van der Waals surface area contributed by atoms with E-state index in [2.05, 4.69) is 4.90 Å². The van der Waals surface area contributed by atoms with Crippen molar-refractivity contribution in [1.29, 1.82) is 0 Å². The van der Waals surface area contributed by atoms with Crippen molar-refractivity contribution in [3.63, 3.8) is 0 Å². The fourth-order valence-electron chi connectivity index (χ4n) is 9.10. The SMILES string of the molecule is CN(C)c1cc(CN2CC3CCCCC3C2)c(O)c2c1C[C@H]1C[C@H]3[C@H](N(C)C)C(=O)C(C(N)=O)C(=O)[C@@]3(O)C(=O)C1C2=O. The van der Waals surface area contributed by atoms with E-state index in [0.29, 0.717) is 29.5 Å². The van der Waals surface area contributed by atoms with E-state index >= 15 is 0 Å². The minimum Gasteiger partial charge on any atom is -0.507 e. The number of aromatic hydroxyl groups is 1. The number of nitrogens with zero attached hydrogens (tertiary/aromatic N) is 3. The van der Waals surface area contributed by atoms with Gasteiger partial charge in [-0.3, -0.25) is 33.8 Å². The third-order valence-corrected chi connectivity index (χ3v) is 11.0. The van der Waals surface area contributed by atoms with Gasteiger partial charge in [0.15, 0.2) is 34.7 Å². The fraction of sp³-hybridized carbons (Fsp3) is 0.656. The number of aliphatic hydroxyl groups is 1. The van der Waals surface area contributed by atoms with Crippen LogP contribution in [0.5, 0.6) is 5.75 Å². The zero-order valence-electron chi connectivity index (χ0n) is 25.3. The Morgan fingerprint density at radius 2 is 1.65 bits per heavy atom. The van der Waals surface area contributed by atoms with Crippen LogP contribution in [0, 0.1) is 35.5 Å².